The Morgan fingerprint density at radius 3 is 2.78 bits per heavy atom. The van der Waals surface area contributed by atoms with Crippen LogP contribution in [0.5, 0.6) is 0 Å². The lowest BCUT2D eigenvalue weighted by atomic mass is 10.1. The minimum Gasteiger partial charge on any atom is -0.378 e. The summed E-state index contributed by atoms with van der Waals surface area (Å²) in [5.74, 6) is 1.04. The van der Waals surface area contributed by atoms with E-state index in [9.17, 15) is 9.59 Å². The van der Waals surface area contributed by atoms with E-state index in [0.29, 0.717) is 39.3 Å². The van der Waals surface area contributed by atoms with Crippen LogP contribution in [0.3, 0.4) is 0 Å². The van der Waals surface area contributed by atoms with Crippen molar-refractivity contribution in [1.82, 2.24) is 24.7 Å². The number of hydrogen-bond acceptors (Lipinski definition) is 4. The van der Waals surface area contributed by atoms with Gasteiger partial charge in [-0.15, -0.1) is 0 Å². The van der Waals surface area contributed by atoms with Crippen molar-refractivity contribution in [3.05, 3.63) is 18.2 Å². The monoisotopic (exact) mass is 377 g/mol. The Labute approximate surface area is 160 Å². The summed E-state index contributed by atoms with van der Waals surface area (Å²) in [6.45, 7) is 6.65. The van der Waals surface area contributed by atoms with Gasteiger partial charge in [0.1, 0.15) is 5.82 Å². The molecule has 8 heteroatoms. The van der Waals surface area contributed by atoms with E-state index >= 15 is 0 Å². The lowest BCUT2D eigenvalue weighted by molar-refractivity contribution is -0.122. The van der Waals surface area contributed by atoms with Gasteiger partial charge in [0, 0.05) is 57.6 Å². The first-order chi connectivity index (χ1) is 13.1. The van der Waals surface area contributed by atoms with Crippen LogP contribution in [0.25, 0.3) is 0 Å². The van der Waals surface area contributed by atoms with Crippen LogP contribution in [-0.2, 0) is 16.1 Å². The largest absolute Gasteiger partial charge is 0.378 e. The number of carbonyl (C=O) groups excluding carboxylic acids is 2. The lowest BCUT2D eigenvalue weighted by Crippen LogP contribution is -2.51. The molecule has 1 aromatic heterocycles. The first kappa shape index (κ1) is 19.7. The van der Waals surface area contributed by atoms with Crippen molar-refractivity contribution in [3.8, 4) is 0 Å². The number of aromatic nitrogens is 2. The number of rotatable bonds is 5. The van der Waals surface area contributed by atoms with Gasteiger partial charge in [0.05, 0.1) is 13.2 Å². The van der Waals surface area contributed by atoms with Gasteiger partial charge >= 0.3 is 6.03 Å². The fourth-order valence-electron chi connectivity index (χ4n) is 3.74. The van der Waals surface area contributed by atoms with Crippen molar-refractivity contribution in [1.29, 1.82) is 0 Å². The van der Waals surface area contributed by atoms with Crippen molar-refractivity contribution in [2.75, 3.05) is 39.4 Å². The van der Waals surface area contributed by atoms with Crippen LogP contribution in [0.15, 0.2) is 12.4 Å². The SMILES string of the molecule is Cc1nccn1CCCC(=O)N[C@H]1CCCCN(C(=O)N2CCOCC2)C1. The molecule has 2 fully saturated rings. The van der Waals surface area contributed by atoms with Gasteiger partial charge in [-0.05, 0) is 32.6 Å². The molecule has 0 unspecified atom stereocenters. The van der Waals surface area contributed by atoms with Gasteiger partial charge < -0.3 is 24.4 Å². The second-order valence-corrected chi connectivity index (χ2v) is 7.36. The van der Waals surface area contributed by atoms with E-state index in [2.05, 4.69) is 14.9 Å². The molecule has 2 saturated heterocycles. The molecule has 1 N–H and O–H groups in total. The van der Waals surface area contributed by atoms with E-state index in [4.69, 9.17) is 4.74 Å². The zero-order chi connectivity index (χ0) is 19.1. The fraction of sp³-hybridized carbons (Fsp3) is 0.737. The standard InChI is InChI=1S/C19H31N5O3/c1-16-20-7-10-22(16)9-4-6-18(25)21-17-5-2-3-8-24(15-17)19(26)23-11-13-27-14-12-23/h7,10,17H,2-6,8-9,11-15H2,1H3,(H,21,25)/t17-/m0/s1. The van der Waals surface area contributed by atoms with Gasteiger partial charge in [0.2, 0.25) is 5.91 Å². The summed E-state index contributed by atoms with van der Waals surface area (Å²) < 4.78 is 7.39. The van der Waals surface area contributed by atoms with Crippen molar-refractivity contribution in [2.45, 2.75) is 51.6 Å². The number of likely N-dealkylation sites (tertiary alicyclic amines) is 1. The Morgan fingerprint density at radius 2 is 2.04 bits per heavy atom. The lowest BCUT2D eigenvalue weighted by Gasteiger charge is -2.33. The van der Waals surface area contributed by atoms with Gasteiger partial charge in [-0.3, -0.25) is 4.79 Å². The maximum absolute atomic E-state index is 12.7. The third-order valence-electron chi connectivity index (χ3n) is 5.32. The van der Waals surface area contributed by atoms with Gasteiger partial charge in [-0.2, -0.15) is 0 Å². The molecule has 0 aliphatic carbocycles. The minimum absolute atomic E-state index is 0.0416. The predicted molar refractivity (Wildman–Crippen MR) is 101 cm³/mol. The van der Waals surface area contributed by atoms with Crippen LogP contribution < -0.4 is 5.32 Å². The molecule has 2 aliphatic rings. The van der Waals surface area contributed by atoms with Crippen LogP contribution in [0.4, 0.5) is 4.79 Å². The maximum Gasteiger partial charge on any atom is 0.320 e. The summed E-state index contributed by atoms with van der Waals surface area (Å²) in [6.07, 6.45) is 7.94. The average Bonchev–Trinajstić information content (AvgIpc) is 2.94. The van der Waals surface area contributed by atoms with Gasteiger partial charge in [0.25, 0.3) is 0 Å². The van der Waals surface area contributed by atoms with Crippen molar-refractivity contribution < 1.29 is 14.3 Å². The second kappa shape index (κ2) is 9.73. The molecule has 1 aromatic rings. The first-order valence-corrected chi connectivity index (χ1v) is 10.0. The van der Waals surface area contributed by atoms with Crippen molar-refractivity contribution in [3.63, 3.8) is 0 Å². The number of hydrogen-bond donors (Lipinski definition) is 1. The third-order valence-corrected chi connectivity index (χ3v) is 5.32. The highest BCUT2D eigenvalue weighted by Gasteiger charge is 2.27. The number of imidazole rings is 1. The number of amides is 3. The molecule has 2 aliphatic heterocycles. The molecule has 3 amide bonds. The zero-order valence-corrected chi connectivity index (χ0v) is 16.2. The smallest absolute Gasteiger partial charge is 0.320 e. The molecule has 0 aromatic carbocycles. The molecule has 1 atom stereocenters. The first-order valence-electron chi connectivity index (χ1n) is 10.0. The molecule has 0 radical (unpaired) electrons. The highest BCUT2D eigenvalue weighted by molar-refractivity contribution is 5.77. The van der Waals surface area contributed by atoms with Gasteiger partial charge in [-0.25, -0.2) is 9.78 Å². The minimum atomic E-state index is 0.0416. The summed E-state index contributed by atoms with van der Waals surface area (Å²) in [7, 11) is 0. The topological polar surface area (TPSA) is 79.7 Å². The summed E-state index contributed by atoms with van der Waals surface area (Å²) >= 11 is 0. The Kier molecular flexibility index (Phi) is 7.09. The number of morpholine rings is 1. The van der Waals surface area contributed by atoms with Gasteiger partial charge in [0.15, 0.2) is 0 Å². The quantitative estimate of drug-likeness (QED) is 0.841. The molecule has 27 heavy (non-hydrogen) atoms. The number of nitrogens with zero attached hydrogens (tertiary/aromatic N) is 4. The molecule has 3 heterocycles. The molecule has 8 nitrogen and oxygen atoms in total. The number of nitrogens with one attached hydrogen (secondary N) is 1. The normalized spacial score (nSPS) is 21.0. The predicted octanol–water partition coefficient (Wildman–Crippen LogP) is 1.39. The van der Waals surface area contributed by atoms with Crippen LogP contribution >= 0.6 is 0 Å². The molecule has 3 rings (SSSR count). The Bertz CT molecular complexity index is 627. The molecular weight excluding hydrogens is 346 g/mol. The average molecular weight is 377 g/mol. The maximum atomic E-state index is 12.7. The zero-order valence-electron chi connectivity index (χ0n) is 16.2. The van der Waals surface area contributed by atoms with E-state index < -0.39 is 0 Å². The van der Waals surface area contributed by atoms with E-state index in [0.717, 1.165) is 44.6 Å². The van der Waals surface area contributed by atoms with Crippen LogP contribution in [0.2, 0.25) is 0 Å². The highest BCUT2D eigenvalue weighted by atomic mass is 16.5. The Balaban J connectivity index is 1.44. The number of carbonyl (C=O) groups is 2. The van der Waals surface area contributed by atoms with E-state index in [1.165, 1.54) is 0 Å². The highest BCUT2D eigenvalue weighted by Crippen LogP contribution is 2.14. The summed E-state index contributed by atoms with van der Waals surface area (Å²) in [5, 5.41) is 3.14. The Morgan fingerprint density at radius 1 is 1.22 bits per heavy atom. The van der Waals surface area contributed by atoms with Crippen molar-refractivity contribution >= 4 is 11.9 Å². The summed E-state index contributed by atoms with van der Waals surface area (Å²) in [5.41, 5.74) is 0. The van der Waals surface area contributed by atoms with Gasteiger partial charge in [-0.1, -0.05) is 0 Å². The van der Waals surface area contributed by atoms with E-state index in [-0.39, 0.29) is 18.0 Å². The Hall–Kier alpha value is -2.09. The van der Waals surface area contributed by atoms with E-state index in [1.54, 1.807) is 6.20 Å². The number of aryl methyl sites for hydroxylation is 2. The molecule has 0 spiro atoms. The molecular formula is C19H31N5O3. The number of ether oxygens (including phenoxy) is 1. The second-order valence-electron chi connectivity index (χ2n) is 7.36. The molecule has 150 valence electrons. The van der Waals surface area contributed by atoms with Crippen LogP contribution in [0.1, 0.15) is 37.9 Å². The van der Waals surface area contributed by atoms with Crippen LogP contribution in [-0.4, -0.2) is 76.7 Å². The molecule has 0 saturated carbocycles. The molecule has 0 bridgehead atoms. The fourth-order valence-corrected chi connectivity index (χ4v) is 3.74. The third kappa shape index (κ3) is 5.69. The summed E-state index contributed by atoms with van der Waals surface area (Å²) in [6, 6.07) is 0.120. The van der Waals surface area contributed by atoms with Crippen molar-refractivity contribution in [2.24, 2.45) is 0 Å². The van der Waals surface area contributed by atoms with Crippen LogP contribution in [0, 0.1) is 6.92 Å². The van der Waals surface area contributed by atoms with E-state index in [1.807, 2.05) is 22.9 Å². The summed E-state index contributed by atoms with van der Waals surface area (Å²) in [4.78, 5) is 33.1. The number of urea groups is 1.